The number of nitrogens with two attached hydrogens (primary N) is 1. The van der Waals surface area contributed by atoms with Crippen molar-refractivity contribution in [3.63, 3.8) is 0 Å². The molecule has 0 radical (unpaired) electrons. The van der Waals surface area contributed by atoms with Crippen LogP contribution in [0.4, 0.5) is 0 Å². The van der Waals surface area contributed by atoms with Crippen molar-refractivity contribution in [2.24, 2.45) is 5.73 Å². The van der Waals surface area contributed by atoms with Crippen molar-refractivity contribution in [2.75, 3.05) is 0 Å². The summed E-state index contributed by atoms with van der Waals surface area (Å²) in [4.78, 5) is 15.6. The number of rotatable bonds is 2. The maximum absolute atomic E-state index is 12.5. The van der Waals surface area contributed by atoms with Crippen LogP contribution in [0.25, 0.3) is 10.9 Å². The molecule has 0 saturated heterocycles. The van der Waals surface area contributed by atoms with Crippen LogP contribution in [0.1, 0.15) is 49.0 Å². The molecule has 0 bridgehead atoms. The summed E-state index contributed by atoms with van der Waals surface area (Å²) in [7, 11) is 0. The van der Waals surface area contributed by atoms with Crippen LogP contribution >= 0.6 is 11.6 Å². The van der Waals surface area contributed by atoms with Crippen LogP contribution in [-0.2, 0) is 0 Å². The molecule has 1 aromatic carbocycles. The zero-order chi connectivity index (χ0) is 15.5. The summed E-state index contributed by atoms with van der Waals surface area (Å²) in [6.45, 7) is 0. The highest BCUT2D eigenvalue weighted by Gasteiger charge is 2.22. The smallest absolute Gasteiger partial charge is 0.268 e. The predicted molar refractivity (Wildman–Crippen MR) is 90.2 cm³/mol. The van der Waals surface area contributed by atoms with Gasteiger partial charge < -0.3 is 16.0 Å². The number of hydrogen-bond acceptors (Lipinski definition) is 2. The first-order valence-electron chi connectivity index (χ1n) is 7.98. The number of benzene rings is 1. The van der Waals surface area contributed by atoms with E-state index in [2.05, 4.69) is 10.3 Å². The van der Waals surface area contributed by atoms with Gasteiger partial charge in [0.15, 0.2) is 0 Å². The van der Waals surface area contributed by atoms with Crippen LogP contribution in [0.2, 0.25) is 5.02 Å². The Morgan fingerprint density at radius 3 is 2.77 bits per heavy atom. The number of H-pyrrole nitrogens is 1. The highest BCUT2D eigenvalue weighted by atomic mass is 35.5. The summed E-state index contributed by atoms with van der Waals surface area (Å²) in [6, 6.07) is 7.49. The molecule has 1 saturated carbocycles. The minimum Gasteiger partial charge on any atom is -0.351 e. The van der Waals surface area contributed by atoms with Gasteiger partial charge in [-0.3, -0.25) is 4.79 Å². The van der Waals surface area contributed by atoms with Crippen molar-refractivity contribution in [1.82, 2.24) is 10.3 Å². The standard InChI is InChI=1S/C17H22ClN3O/c18-12-7-8-14-11(9-12)10-16(20-14)17(22)21-15-6-4-2-1-3-5-13(15)19/h7-10,13,15,20H,1-6,19H2,(H,21,22)/t13-,15+/m1/s1. The molecule has 1 amide bonds. The molecular weight excluding hydrogens is 298 g/mol. The molecule has 118 valence electrons. The van der Waals surface area contributed by atoms with E-state index in [-0.39, 0.29) is 18.0 Å². The fraction of sp³-hybridized carbons (Fsp3) is 0.471. The average Bonchev–Trinajstić information content (AvgIpc) is 2.90. The SMILES string of the molecule is N[C@@H]1CCCCCC[C@@H]1NC(=O)c1cc2cc(Cl)ccc2[nH]1. The summed E-state index contributed by atoms with van der Waals surface area (Å²) >= 11 is 5.98. The van der Waals surface area contributed by atoms with Crippen molar-refractivity contribution in [3.05, 3.63) is 35.0 Å². The fourth-order valence-electron chi connectivity index (χ4n) is 3.16. The van der Waals surface area contributed by atoms with Crippen molar-refractivity contribution in [1.29, 1.82) is 0 Å². The third-order valence-electron chi connectivity index (χ3n) is 4.46. The Balaban J connectivity index is 1.74. The number of aromatic amines is 1. The number of carbonyl (C=O) groups excluding carboxylic acids is 1. The van der Waals surface area contributed by atoms with Crippen molar-refractivity contribution >= 4 is 28.4 Å². The Labute approximate surface area is 135 Å². The van der Waals surface area contributed by atoms with Crippen molar-refractivity contribution in [2.45, 2.75) is 50.6 Å². The third-order valence-corrected chi connectivity index (χ3v) is 4.70. The van der Waals surface area contributed by atoms with E-state index in [1.54, 1.807) is 0 Å². The van der Waals surface area contributed by atoms with Crippen LogP contribution in [0, 0.1) is 0 Å². The largest absolute Gasteiger partial charge is 0.351 e. The number of amides is 1. The van der Waals surface area contributed by atoms with E-state index in [1.165, 1.54) is 12.8 Å². The second kappa shape index (κ2) is 6.71. The minimum atomic E-state index is -0.0895. The minimum absolute atomic E-state index is 0.0445. The molecule has 2 atom stereocenters. The van der Waals surface area contributed by atoms with Gasteiger partial charge in [0.1, 0.15) is 5.69 Å². The van der Waals surface area contributed by atoms with E-state index in [9.17, 15) is 4.79 Å². The van der Waals surface area contributed by atoms with Gasteiger partial charge in [0.25, 0.3) is 5.91 Å². The molecule has 4 nitrogen and oxygen atoms in total. The van der Waals surface area contributed by atoms with Crippen LogP contribution in [0.3, 0.4) is 0 Å². The molecule has 1 fully saturated rings. The third kappa shape index (κ3) is 3.45. The van der Waals surface area contributed by atoms with E-state index in [0.717, 1.165) is 36.6 Å². The Morgan fingerprint density at radius 1 is 1.18 bits per heavy atom. The number of aromatic nitrogens is 1. The molecule has 5 heteroatoms. The normalized spacial score (nSPS) is 23.0. The summed E-state index contributed by atoms with van der Waals surface area (Å²) in [5, 5.41) is 4.71. The zero-order valence-electron chi connectivity index (χ0n) is 12.6. The van der Waals surface area contributed by atoms with Crippen LogP contribution in [-0.4, -0.2) is 23.0 Å². The van der Waals surface area contributed by atoms with Gasteiger partial charge in [-0.2, -0.15) is 0 Å². The van der Waals surface area contributed by atoms with Gasteiger partial charge in [-0.1, -0.05) is 37.3 Å². The van der Waals surface area contributed by atoms with E-state index < -0.39 is 0 Å². The lowest BCUT2D eigenvalue weighted by atomic mass is 9.93. The molecule has 1 aliphatic rings. The van der Waals surface area contributed by atoms with Gasteiger partial charge in [-0.05, 0) is 37.1 Å². The Bertz CT molecular complexity index is 667. The van der Waals surface area contributed by atoms with E-state index in [4.69, 9.17) is 17.3 Å². The number of hydrogen-bond donors (Lipinski definition) is 3. The Kier molecular flexibility index (Phi) is 4.69. The van der Waals surface area contributed by atoms with Gasteiger partial charge in [-0.25, -0.2) is 0 Å². The fourth-order valence-corrected chi connectivity index (χ4v) is 3.34. The van der Waals surface area contributed by atoms with E-state index in [0.29, 0.717) is 10.7 Å². The van der Waals surface area contributed by atoms with Gasteiger partial charge in [0.05, 0.1) is 0 Å². The monoisotopic (exact) mass is 319 g/mol. The van der Waals surface area contributed by atoms with Gasteiger partial charge >= 0.3 is 0 Å². The molecule has 3 rings (SSSR count). The predicted octanol–water partition coefficient (Wildman–Crippen LogP) is 3.60. The highest BCUT2D eigenvalue weighted by molar-refractivity contribution is 6.31. The molecule has 1 aromatic heterocycles. The maximum Gasteiger partial charge on any atom is 0.268 e. The molecule has 1 heterocycles. The summed E-state index contributed by atoms with van der Waals surface area (Å²) < 4.78 is 0. The quantitative estimate of drug-likeness (QED) is 0.791. The summed E-state index contributed by atoms with van der Waals surface area (Å²) in [5.74, 6) is -0.0895. The number of halogens is 1. The molecule has 0 unspecified atom stereocenters. The Morgan fingerprint density at radius 2 is 1.95 bits per heavy atom. The van der Waals surface area contributed by atoms with Gasteiger partial charge in [0.2, 0.25) is 0 Å². The average molecular weight is 320 g/mol. The maximum atomic E-state index is 12.5. The molecule has 2 aromatic rings. The number of nitrogens with one attached hydrogen (secondary N) is 2. The molecular formula is C17H22ClN3O. The first-order chi connectivity index (χ1) is 10.6. The molecule has 4 N–H and O–H groups in total. The van der Waals surface area contributed by atoms with Crippen LogP contribution in [0.5, 0.6) is 0 Å². The number of carbonyl (C=O) groups is 1. The zero-order valence-corrected chi connectivity index (χ0v) is 13.3. The van der Waals surface area contributed by atoms with Gasteiger partial charge in [0, 0.05) is 28.0 Å². The first kappa shape index (κ1) is 15.4. The molecule has 22 heavy (non-hydrogen) atoms. The van der Waals surface area contributed by atoms with E-state index >= 15 is 0 Å². The van der Waals surface area contributed by atoms with Crippen LogP contribution in [0.15, 0.2) is 24.3 Å². The first-order valence-corrected chi connectivity index (χ1v) is 8.36. The molecule has 0 spiro atoms. The summed E-state index contributed by atoms with van der Waals surface area (Å²) in [5.41, 5.74) is 7.70. The topological polar surface area (TPSA) is 70.9 Å². The Hall–Kier alpha value is -1.52. The second-order valence-corrected chi connectivity index (χ2v) is 6.59. The lowest BCUT2D eigenvalue weighted by Gasteiger charge is -2.27. The molecule has 1 aliphatic carbocycles. The lowest BCUT2D eigenvalue weighted by Crippen LogP contribution is -2.48. The summed E-state index contributed by atoms with van der Waals surface area (Å²) in [6.07, 6.45) is 6.69. The lowest BCUT2D eigenvalue weighted by molar-refractivity contribution is 0.0920. The number of fused-ring (bicyclic) bond motifs is 1. The van der Waals surface area contributed by atoms with Crippen LogP contribution < -0.4 is 11.1 Å². The van der Waals surface area contributed by atoms with Gasteiger partial charge in [-0.15, -0.1) is 0 Å². The van der Waals surface area contributed by atoms with Crippen molar-refractivity contribution < 1.29 is 4.79 Å². The highest BCUT2D eigenvalue weighted by Crippen LogP contribution is 2.21. The second-order valence-electron chi connectivity index (χ2n) is 6.15. The molecule has 0 aliphatic heterocycles. The van der Waals surface area contributed by atoms with E-state index in [1.807, 2.05) is 24.3 Å². The van der Waals surface area contributed by atoms with Crippen molar-refractivity contribution in [3.8, 4) is 0 Å².